The molecule has 1 aromatic carbocycles. The van der Waals surface area contributed by atoms with Crippen LogP contribution in [0.5, 0.6) is 0 Å². The number of allylic oxidation sites excluding steroid dienone is 1. The molecule has 1 unspecified atom stereocenters. The van der Waals surface area contributed by atoms with Crippen molar-refractivity contribution in [2.45, 2.75) is 18.6 Å². The molecule has 0 bridgehead atoms. The van der Waals surface area contributed by atoms with Crippen molar-refractivity contribution in [1.29, 1.82) is 0 Å². The van der Waals surface area contributed by atoms with E-state index in [1.807, 2.05) is 11.8 Å². The summed E-state index contributed by atoms with van der Waals surface area (Å²) in [6, 6.07) is 8.79. The zero-order valence-corrected chi connectivity index (χ0v) is 10.3. The van der Waals surface area contributed by atoms with Gasteiger partial charge in [0.25, 0.3) is 0 Å². The molecule has 1 aliphatic rings. The first-order valence-corrected chi connectivity index (χ1v) is 6.19. The number of hydrogen-bond acceptors (Lipinski definition) is 2. The molecule has 2 rings (SSSR count). The van der Waals surface area contributed by atoms with Gasteiger partial charge < -0.3 is 4.90 Å². The van der Waals surface area contributed by atoms with E-state index < -0.39 is 0 Å². The zero-order valence-electron chi connectivity index (χ0n) is 9.53. The van der Waals surface area contributed by atoms with Crippen LogP contribution in [-0.4, -0.2) is 19.3 Å². The number of thioether (sulfide) groups is 1. The van der Waals surface area contributed by atoms with Gasteiger partial charge in [-0.25, -0.2) is 0 Å². The van der Waals surface area contributed by atoms with Crippen molar-refractivity contribution < 1.29 is 0 Å². The van der Waals surface area contributed by atoms with Crippen molar-refractivity contribution in [2.75, 3.05) is 19.0 Å². The number of anilines is 1. The first-order valence-electron chi connectivity index (χ1n) is 5.31. The second kappa shape index (κ2) is 4.31. The summed E-state index contributed by atoms with van der Waals surface area (Å²) in [6.45, 7) is 2.28. The fourth-order valence-corrected chi connectivity index (χ4v) is 2.79. The predicted octanol–water partition coefficient (Wildman–Crippen LogP) is 3.62. The van der Waals surface area contributed by atoms with Gasteiger partial charge in [-0.15, -0.1) is 11.8 Å². The maximum Gasteiger partial charge on any atom is 0.0361 e. The van der Waals surface area contributed by atoms with E-state index in [1.54, 1.807) is 0 Å². The van der Waals surface area contributed by atoms with Crippen molar-refractivity contribution in [3.63, 3.8) is 0 Å². The molecule has 0 aromatic heterocycles. The maximum atomic E-state index is 2.35. The smallest absolute Gasteiger partial charge is 0.0361 e. The first kappa shape index (κ1) is 10.6. The maximum absolute atomic E-state index is 2.35. The highest BCUT2D eigenvalue weighted by atomic mass is 32.2. The molecule has 1 atom stereocenters. The molecule has 0 fully saturated rings. The second-order valence-corrected chi connectivity index (χ2v) is 5.65. The third-order valence-corrected chi connectivity index (χ3v) is 3.88. The van der Waals surface area contributed by atoms with E-state index in [0.717, 1.165) is 5.25 Å². The summed E-state index contributed by atoms with van der Waals surface area (Å²) < 4.78 is 0. The molecule has 0 saturated carbocycles. The summed E-state index contributed by atoms with van der Waals surface area (Å²) in [5.74, 6) is 0. The van der Waals surface area contributed by atoms with Crippen LogP contribution in [0, 0.1) is 0 Å². The summed E-state index contributed by atoms with van der Waals surface area (Å²) in [4.78, 5) is 3.57. The van der Waals surface area contributed by atoms with Crippen LogP contribution in [0.25, 0.3) is 4.91 Å². The molecule has 2 heteroatoms. The number of benzene rings is 1. The van der Waals surface area contributed by atoms with Crippen molar-refractivity contribution in [1.82, 2.24) is 0 Å². The fourth-order valence-electron chi connectivity index (χ4n) is 1.70. The lowest BCUT2D eigenvalue weighted by Gasteiger charge is -2.13. The van der Waals surface area contributed by atoms with Crippen LogP contribution in [0.1, 0.15) is 18.9 Å². The third-order valence-electron chi connectivity index (χ3n) is 2.63. The third kappa shape index (κ3) is 2.37. The van der Waals surface area contributed by atoms with E-state index in [0.29, 0.717) is 0 Å². The molecule has 0 saturated heterocycles. The Morgan fingerprint density at radius 3 is 2.33 bits per heavy atom. The van der Waals surface area contributed by atoms with Gasteiger partial charge in [0, 0.05) is 29.9 Å². The Bertz CT molecular complexity index is 365. The van der Waals surface area contributed by atoms with Gasteiger partial charge >= 0.3 is 0 Å². The Labute approximate surface area is 96.2 Å². The average molecular weight is 219 g/mol. The Morgan fingerprint density at radius 1 is 1.20 bits per heavy atom. The van der Waals surface area contributed by atoms with Crippen LogP contribution >= 0.6 is 11.8 Å². The molecule has 80 valence electrons. The minimum atomic E-state index is 0.744. The van der Waals surface area contributed by atoms with E-state index >= 15 is 0 Å². The van der Waals surface area contributed by atoms with Gasteiger partial charge in [-0.2, -0.15) is 0 Å². The molecular formula is C13H17NS. The average Bonchev–Trinajstić information content (AvgIpc) is 2.65. The van der Waals surface area contributed by atoms with E-state index in [-0.39, 0.29) is 0 Å². The summed E-state index contributed by atoms with van der Waals surface area (Å²) >= 11 is 1.98. The van der Waals surface area contributed by atoms with Crippen LogP contribution in [0.2, 0.25) is 0 Å². The lowest BCUT2D eigenvalue weighted by Crippen LogP contribution is -2.07. The van der Waals surface area contributed by atoms with Gasteiger partial charge in [-0.05, 0) is 24.1 Å². The molecule has 0 amide bonds. The number of nitrogens with zero attached hydrogens (tertiary/aromatic N) is 1. The highest BCUT2D eigenvalue weighted by Crippen LogP contribution is 2.39. The van der Waals surface area contributed by atoms with Gasteiger partial charge in [-0.3, -0.25) is 0 Å². The molecular weight excluding hydrogens is 202 g/mol. The Morgan fingerprint density at radius 2 is 1.87 bits per heavy atom. The summed E-state index contributed by atoms with van der Waals surface area (Å²) in [6.07, 6.45) is 3.55. The first-order chi connectivity index (χ1) is 7.16. The van der Waals surface area contributed by atoms with Gasteiger partial charge in [-0.1, -0.05) is 25.1 Å². The Balaban J connectivity index is 2.17. The van der Waals surface area contributed by atoms with E-state index in [2.05, 4.69) is 56.3 Å². The molecule has 1 aromatic rings. The molecule has 0 spiro atoms. The minimum absolute atomic E-state index is 0.744. The van der Waals surface area contributed by atoms with Crippen LogP contribution in [-0.2, 0) is 0 Å². The van der Waals surface area contributed by atoms with Crippen molar-refractivity contribution in [3.05, 3.63) is 35.9 Å². The highest BCUT2D eigenvalue weighted by molar-refractivity contribution is 8.09. The van der Waals surface area contributed by atoms with Crippen molar-refractivity contribution >= 4 is 22.4 Å². The van der Waals surface area contributed by atoms with Crippen LogP contribution in [0.4, 0.5) is 5.69 Å². The topological polar surface area (TPSA) is 3.24 Å². The normalized spacial score (nSPS) is 20.2. The van der Waals surface area contributed by atoms with Crippen LogP contribution in [0.3, 0.4) is 0 Å². The predicted molar refractivity (Wildman–Crippen MR) is 70.4 cm³/mol. The monoisotopic (exact) mass is 219 g/mol. The van der Waals surface area contributed by atoms with Gasteiger partial charge in [0.15, 0.2) is 0 Å². The number of rotatable bonds is 2. The molecule has 1 aliphatic heterocycles. The molecule has 15 heavy (non-hydrogen) atoms. The number of hydrogen-bond donors (Lipinski definition) is 0. The summed E-state index contributed by atoms with van der Waals surface area (Å²) in [5.41, 5.74) is 2.62. The van der Waals surface area contributed by atoms with Gasteiger partial charge in [0.1, 0.15) is 0 Å². The molecule has 1 nitrogen and oxygen atoms in total. The van der Waals surface area contributed by atoms with Crippen LogP contribution in [0.15, 0.2) is 30.3 Å². The molecule has 0 radical (unpaired) electrons. The standard InChI is InChI=1S/C13H17NS/c1-10-4-9-13(15-10)11-5-7-12(8-6-11)14(2)3/h5-10H,4H2,1-3H3. The molecule has 1 heterocycles. The lowest BCUT2D eigenvalue weighted by atomic mass is 10.1. The lowest BCUT2D eigenvalue weighted by molar-refractivity contribution is 1.00. The SMILES string of the molecule is CC1CC=C(c2ccc(N(C)C)cc2)S1. The van der Waals surface area contributed by atoms with E-state index in [9.17, 15) is 0 Å². The van der Waals surface area contributed by atoms with Crippen molar-refractivity contribution in [2.24, 2.45) is 0 Å². The summed E-state index contributed by atoms with van der Waals surface area (Å²) in [5, 5.41) is 0.744. The van der Waals surface area contributed by atoms with Gasteiger partial charge in [0.05, 0.1) is 0 Å². The van der Waals surface area contributed by atoms with E-state index in [4.69, 9.17) is 0 Å². The van der Waals surface area contributed by atoms with Crippen molar-refractivity contribution in [3.8, 4) is 0 Å². The zero-order chi connectivity index (χ0) is 10.8. The minimum Gasteiger partial charge on any atom is -0.378 e. The van der Waals surface area contributed by atoms with Gasteiger partial charge in [0.2, 0.25) is 0 Å². The molecule has 0 N–H and O–H groups in total. The Kier molecular flexibility index (Phi) is 3.06. The van der Waals surface area contributed by atoms with Crippen LogP contribution < -0.4 is 4.90 Å². The Hall–Kier alpha value is -0.890. The van der Waals surface area contributed by atoms with E-state index in [1.165, 1.54) is 22.6 Å². The molecule has 0 aliphatic carbocycles. The highest BCUT2D eigenvalue weighted by Gasteiger charge is 2.14. The quantitative estimate of drug-likeness (QED) is 0.747. The largest absolute Gasteiger partial charge is 0.378 e. The summed E-state index contributed by atoms with van der Waals surface area (Å²) in [7, 11) is 4.14. The fraction of sp³-hybridized carbons (Fsp3) is 0.385. The second-order valence-electron chi connectivity index (χ2n) is 4.17.